The van der Waals surface area contributed by atoms with Gasteiger partial charge in [0.2, 0.25) is 0 Å². The van der Waals surface area contributed by atoms with Crippen LogP contribution in [0.2, 0.25) is 0 Å². The molecule has 3 aromatic rings. The van der Waals surface area contributed by atoms with Gasteiger partial charge in [0, 0.05) is 9.13 Å². The fraction of sp³-hybridized carbons (Fsp3) is 0.0476. The monoisotopic (exact) mass is 474 g/mol. The number of amides is 1. The lowest BCUT2D eigenvalue weighted by Gasteiger charge is -2.07. The Morgan fingerprint density at radius 1 is 1.07 bits per heavy atom. The number of carbonyl (C=O) groups is 1. The molecule has 136 valence electrons. The van der Waals surface area contributed by atoms with Crippen LogP contribution in [-0.4, -0.2) is 12.1 Å². The van der Waals surface area contributed by atoms with E-state index >= 15 is 0 Å². The fourth-order valence-electron chi connectivity index (χ4n) is 2.26. The summed E-state index contributed by atoms with van der Waals surface area (Å²) in [4.78, 5) is 12.0. The molecule has 0 bridgehead atoms. The zero-order valence-electron chi connectivity index (χ0n) is 14.2. The molecule has 0 saturated heterocycles. The summed E-state index contributed by atoms with van der Waals surface area (Å²) in [5.74, 6) is 0.114. The van der Waals surface area contributed by atoms with Crippen molar-refractivity contribution in [2.45, 2.75) is 6.61 Å². The van der Waals surface area contributed by atoms with Gasteiger partial charge in [0.1, 0.15) is 18.2 Å². The van der Waals surface area contributed by atoms with Crippen LogP contribution in [0, 0.1) is 9.39 Å². The van der Waals surface area contributed by atoms with Crippen molar-refractivity contribution in [3.63, 3.8) is 0 Å². The molecule has 0 unspecified atom stereocenters. The number of rotatable bonds is 6. The minimum absolute atomic E-state index is 0.272. The first-order valence-corrected chi connectivity index (χ1v) is 9.24. The summed E-state index contributed by atoms with van der Waals surface area (Å²) in [6, 6.07) is 20.7. The maximum atomic E-state index is 12.9. The molecule has 0 aliphatic carbocycles. The van der Waals surface area contributed by atoms with Crippen molar-refractivity contribution < 1.29 is 13.9 Å². The van der Waals surface area contributed by atoms with Gasteiger partial charge in [0.15, 0.2) is 0 Å². The molecule has 4 nitrogen and oxygen atoms in total. The number of carbonyl (C=O) groups excluding carboxylic acids is 1. The lowest BCUT2D eigenvalue weighted by molar-refractivity contribution is 0.0955. The quantitative estimate of drug-likeness (QED) is 0.318. The normalized spacial score (nSPS) is 10.7. The van der Waals surface area contributed by atoms with E-state index in [4.69, 9.17) is 4.74 Å². The van der Waals surface area contributed by atoms with E-state index in [1.54, 1.807) is 30.5 Å². The molecular formula is C21H16FIN2O2. The van der Waals surface area contributed by atoms with E-state index in [2.05, 4.69) is 33.1 Å². The van der Waals surface area contributed by atoms with E-state index in [1.807, 2.05) is 36.4 Å². The minimum Gasteiger partial charge on any atom is -0.489 e. The van der Waals surface area contributed by atoms with Crippen LogP contribution in [0.1, 0.15) is 21.5 Å². The summed E-state index contributed by atoms with van der Waals surface area (Å²) in [5.41, 5.74) is 4.71. The fourth-order valence-corrected chi connectivity index (χ4v) is 2.62. The number of ether oxygens (including phenoxy) is 1. The molecule has 1 N–H and O–H groups in total. The van der Waals surface area contributed by atoms with Gasteiger partial charge < -0.3 is 4.74 Å². The first-order valence-electron chi connectivity index (χ1n) is 8.16. The summed E-state index contributed by atoms with van der Waals surface area (Å²) < 4.78 is 19.7. The number of benzene rings is 3. The highest BCUT2D eigenvalue weighted by Gasteiger charge is 2.03. The molecule has 1 amide bonds. The van der Waals surface area contributed by atoms with E-state index in [0.717, 1.165) is 14.7 Å². The van der Waals surface area contributed by atoms with Gasteiger partial charge in [-0.15, -0.1) is 0 Å². The molecule has 0 atom stereocenters. The molecule has 0 aliphatic heterocycles. The SMILES string of the molecule is O=C(N/N=C\c1cccc(OCc2ccc(F)cc2)c1)c1ccc(I)cc1. The summed E-state index contributed by atoms with van der Waals surface area (Å²) in [7, 11) is 0. The van der Waals surface area contributed by atoms with Crippen LogP contribution in [0.3, 0.4) is 0 Å². The summed E-state index contributed by atoms with van der Waals surface area (Å²) >= 11 is 2.18. The molecule has 0 aromatic heterocycles. The third kappa shape index (κ3) is 5.89. The molecule has 3 aromatic carbocycles. The van der Waals surface area contributed by atoms with Gasteiger partial charge in [-0.3, -0.25) is 4.79 Å². The number of halogens is 2. The highest BCUT2D eigenvalue weighted by Crippen LogP contribution is 2.14. The summed E-state index contributed by atoms with van der Waals surface area (Å²) in [6.07, 6.45) is 1.55. The second-order valence-electron chi connectivity index (χ2n) is 5.69. The number of hydrazone groups is 1. The van der Waals surface area contributed by atoms with Gasteiger partial charge in [-0.05, 0) is 82.2 Å². The van der Waals surface area contributed by atoms with E-state index in [9.17, 15) is 9.18 Å². The van der Waals surface area contributed by atoms with E-state index in [1.165, 1.54) is 12.1 Å². The first-order chi connectivity index (χ1) is 13.1. The lowest BCUT2D eigenvalue weighted by Crippen LogP contribution is -2.17. The van der Waals surface area contributed by atoms with Crippen LogP contribution in [0.4, 0.5) is 4.39 Å². The highest BCUT2D eigenvalue weighted by atomic mass is 127. The average molecular weight is 474 g/mol. The zero-order valence-corrected chi connectivity index (χ0v) is 16.4. The molecule has 0 fully saturated rings. The highest BCUT2D eigenvalue weighted by molar-refractivity contribution is 14.1. The van der Waals surface area contributed by atoms with Crippen molar-refractivity contribution in [3.05, 3.63) is 98.9 Å². The van der Waals surface area contributed by atoms with E-state index < -0.39 is 0 Å². The number of hydrogen-bond acceptors (Lipinski definition) is 3. The van der Waals surface area contributed by atoms with Crippen LogP contribution in [0.25, 0.3) is 0 Å². The van der Waals surface area contributed by atoms with Crippen molar-refractivity contribution in [2.24, 2.45) is 5.10 Å². The van der Waals surface area contributed by atoms with Crippen molar-refractivity contribution in [3.8, 4) is 5.75 Å². The number of nitrogens with zero attached hydrogens (tertiary/aromatic N) is 1. The Morgan fingerprint density at radius 2 is 1.81 bits per heavy atom. The van der Waals surface area contributed by atoms with Crippen LogP contribution in [0.5, 0.6) is 5.75 Å². The van der Waals surface area contributed by atoms with Crippen LogP contribution in [-0.2, 0) is 6.61 Å². The zero-order chi connectivity index (χ0) is 19.1. The van der Waals surface area contributed by atoms with Crippen molar-refractivity contribution >= 4 is 34.7 Å². The maximum Gasteiger partial charge on any atom is 0.271 e. The molecule has 0 saturated carbocycles. The van der Waals surface area contributed by atoms with Crippen LogP contribution >= 0.6 is 22.6 Å². The molecular weight excluding hydrogens is 458 g/mol. The Balaban J connectivity index is 1.56. The predicted octanol–water partition coefficient (Wildman–Crippen LogP) is 4.77. The second-order valence-corrected chi connectivity index (χ2v) is 6.94. The third-order valence-corrected chi connectivity index (χ3v) is 4.38. The number of nitrogens with one attached hydrogen (secondary N) is 1. The van der Waals surface area contributed by atoms with Gasteiger partial charge in [-0.2, -0.15) is 5.10 Å². The molecule has 0 aliphatic rings. The van der Waals surface area contributed by atoms with Crippen molar-refractivity contribution in [1.29, 1.82) is 0 Å². The van der Waals surface area contributed by atoms with Gasteiger partial charge in [0.05, 0.1) is 6.21 Å². The summed E-state index contributed by atoms with van der Waals surface area (Å²) in [5, 5.41) is 3.99. The Morgan fingerprint density at radius 3 is 2.56 bits per heavy atom. The molecule has 27 heavy (non-hydrogen) atoms. The number of hydrogen-bond donors (Lipinski definition) is 1. The van der Waals surface area contributed by atoms with Crippen molar-refractivity contribution in [1.82, 2.24) is 5.43 Å². The van der Waals surface area contributed by atoms with Crippen LogP contribution in [0.15, 0.2) is 77.9 Å². The maximum absolute atomic E-state index is 12.9. The van der Waals surface area contributed by atoms with E-state index in [-0.39, 0.29) is 11.7 Å². The molecule has 0 radical (unpaired) electrons. The second kappa shape index (κ2) is 9.27. The van der Waals surface area contributed by atoms with Gasteiger partial charge in [-0.1, -0.05) is 24.3 Å². The average Bonchev–Trinajstić information content (AvgIpc) is 2.68. The lowest BCUT2D eigenvalue weighted by atomic mass is 10.2. The first kappa shape index (κ1) is 19.0. The smallest absolute Gasteiger partial charge is 0.271 e. The molecule has 6 heteroatoms. The predicted molar refractivity (Wildman–Crippen MR) is 111 cm³/mol. The minimum atomic E-state index is -0.274. The Labute approximate surface area is 170 Å². The Hall–Kier alpha value is -2.74. The van der Waals surface area contributed by atoms with Gasteiger partial charge >= 0.3 is 0 Å². The topological polar surface area (TPSA) is 50.7 Å². The van der Waals surface area contributed by atoms with Crippen molar-refractivity contribution in [2.75, 3.05) is 0 Å². The summed E-state index contributed by atoms with van der Waals surface area (Å²) in [6.45, 7) is 0.338. The Kier molecular flexibility index (Phi) is 6.54. The van der Waals surface area contributed by atoms with E-state index in [0.29, 0.717) is 17.9 Å². The largest absolute Gasteiger partial charge is 0.489 e. The molecule has 3 rings (SSSR count). The third-order valence-electron chi connectivity index (χ3n) is 3.66. The van der Waals surface area contributed by atoms with Gasteiger partial charge in [0.25, 0.3) is 5.91 Å². The molecule has 0 heterocycles. The standard InChI is InChI=1S/C21H16FIN2O2/c22-18-8-4-15(5-9-18)14-27-20-3-1-2-16(12-20)13-24-25-21(26)17-6-10-19(23)11-7-17/h1-13H,14H2,(H,25,26)/b24-13-. The van der Waals surface area contributed by atoms with Gasteiger partial charge in [-0.25, -0.2) is 9.82 Å². The van der Waals surface area contributed by atoms with Crippen LogP contribution < -0.4 is 10.2 Å². The Bertz CT molecular complexity index is 941. The molecule has 0 spiro atoms.